The van der Waals surface area contributed by atoms with Crippen LogP contribution in [-0.2, 0) is 14.6 Å². The molecule has 0 amide bonds. The third kappa shape index (κ3) is 5.55. The maximum absolute atomic E-state index is 11.7. The molecule has 1 atom stereocenters. The van der Waals surface area contributed by atoms with Gasteiger partial charge in [0.25, 0.3) is 0 Å². The molecule has 11 heteroatoms. The van der Waals surface area contributed by atoms with Crippen molar-refractivity contribution in [2.24, 2.45) is 0 Å². The van der Waals surface area contributed by atoms with E-state index in [0.29, 0.717) is 32.1 Å². The van der Waals surface area contributed by atoms with E-state index in [1.54, 1.807) is 12.4 Å². The number of nitrogens with zero attached hydrogens (tertiary/aromatic N) is 4. The molecular weight excluding hydrogens is 460 g/mol. The molecule has 0 bridgehead atoms. The lowest BCUT2D eigenvalue weighted by Crippen LogP contribution is -2.42. The fourth-order valence-corrected chi connectivity index (χ4v) is 5.22. The lowest BCUT2D eigenvalue weighted by Gasteiger charge is -2.28. The largest absolute Gasteiger partial charge is 0.374 e. The molecule has 5 rings (SSSR count). The minimum atomic E-state index is -2.90. The number of anilines is 2. The standard InChI is InChI=1S/C22H26N6O3S.H2S/c29-32(30)11-8-28(9-12-32)17-3-1-16(2-4-17)19-13-20-21(25-6-5-24-20)22(27-19)26-15-18-14-23-7-10-31-18;/h1-6,13,18,23H,7-12,14-15H2,(H,26,27);1H2/t18-;/m0./s1. The van der Waals surface area contributed by atoms with Gasteiger partial charge in [0.1, 0.15) is 5.52 Å². The molecule has 9 nitrogen and oxygen atoms in total. The summed E-state index contributed by atoms with van der Waals surface area (Å²) >= 11 is 0. The summed E-state index contributed by atoms with van der Waals surface area (Å²) in [5, 5.41) is 6.73. The molecule has 4 heterocycles. The first kappa shape index (κ1) is 23.7. The molecular formula is C22H28N6O3S2. The average Bonchev–Trinajstić information content (AvgIpc) is 2.83. The summed E-state index contributed by atoms with van der Waals surface area (Å²) < 4.78 is 29.2. The first-order valence-electron chi connectivity index (χ1n) is 10.8. The van der Waals surface area contributed by atoms with Crippen LogP contribution in [0, 0.1) is 0 Å². The van der Waals surface area contributed by atoms with E-state index in [1.165, 1.54) is 0 Å². The second-order valence-electron chi connectivity index (χ2n) is 8.04. The lowest BCUT2D eigenvalue weighted by molar-refractivity contribution is 0.0372. The minimum absolute atomic E-state index is 0. The van der Waals surface area contributed by atoms with Crippen LogP contribution in [0.5, 0.6) is 0 Å². The van der Waals surface area contributed by atoms with E-state index >= 15 is 0 Å². The predicted molar refractivity (Wildman–Crippen MR) is 135 cm³/mol. The molecule has 2 aliphatic rings. The lowest BCUT2D eigenvalue weighted by atomic mass is 10.1. The van der Waals surface area contributed by atoms with E-state index in [2.05, 4.69) is 25.5 Å². The Morgan fingerprint density at radius 2 is 1.88 bits per heavy atom. The van der Waals surface area contributed by atoms with Crippen molar-refractivity contribution < 1.29 is 13.2 Å². The maximum atomic E-state index is 11.7. The van der Waals surface area contributed by atoms with Crippen LogP contribution in [0.2, 0.25) is 0 Å². The van der Waals surface area contributed by atoms with Crippen LogP contribution in [-0.4, -0.2) is 80.3 Å². The monoisotopic (exact) mass is 488 g/mol. The van der Waals surface area contributed by atoms with E-state index in [4.69, 9.17) is 9.72 Å². The molecule has 2 fully saturated rings. The Kier molecular flexibility index (Phi) is 7.32. The summed E-state index contributed by atoms with van der Waals surface area (Å²) in [6.45, 7) is 4.06. The molecule has 176 valence electrons. The van der Waals surface area contributed by atoms with Gasteiger partial charge in [-0.05, 0) is 18.2 Å². The Labute approximate surface area is 200 Å². The third-order valence-corrected chi connectivity index (χ3v) is 7.44. The van der Waals surface area contributed by atoms with Gasteiger partial charge in [0, 0.05) is 56.4 Å². The highest BCUT2D eigenvalue weighted by Gasteiger charge is 2.22. The van der Waals surface area contributed by atoms with E-state index in [9.17, 15) is 8.42 Å². The number of ether oxygens (including phenoxy) is 1. The number of rotatable bonds is 5. The molecule has 0 radical (unpaired) electrons. The second kappa shape index (κ2) is 10.2. The molecule has 3 aromatic rings. The van der Waals surface area contributed by atoms with Crippen molar-refractivity contribution in [3.05, 3.63) is 42.7 Å². The normalized spacial score (nSPS) is 20.2. The average molecular weight is 489 g/mol. The van der Waals surface area contributed by atoms with Gasteiger partial charge in [0.2, 0.25) is 0 Å². The molecule has 0 unspecified atom stereocenters. The van der Waals surface area contributed by atoms with E-state index in [-0.39, 0.29) is 31.1 Å². The van der Waals surface area contributed by atoms with Gasteiger partial charge in [-0.3, -0.25) is 4.98 Å². The SMILES string of the molecule is O=S1(=O)CCN(c2ccc(-c3cc4nccnc4c(NC[C@@H]4CNCCO4)n3)cc2)CC1.S. The van der Waals surface area contributed by atoms with Gasteiger partial charge in [-0.25, -0.2) is 18.4 Å². The molecule has 2 saturated heterocycles. The van der Waals surface area contributed by atoms with Crippen LogP contribution in [0.1, 0.15) is 0 Å². The highest BCUT2D eigenvalue weighted by Crippen LogP contribution is 2.27. The number of nitrogens with one attached hydrogen (secondary N) is 2. The predicted octanol–water partition coefficient (Wildman–Crippen LogP) is 1.44. The molecule has 0 saturated carbocycles. The number of morpholine rings is 1. The molecule has 2 aliphatic heterocycles. The smallest absolute Gasteiger partial charge is 0.154 e. The minimum Gasteiger partial charge on any atom is -0.374 e. The molecule has 2 N–H and O–H groups in total. The number of fused-ring (bicyclic) bond motifs is 1. The van der Waals surface area contributed by atoms with Gasteiger partial charge in [-0.15, -0.1) is 0 Å². The summed E-state index contributed by atoms with van der Waals surface area (Å²) in [6, 6.07) is 10.0. The van der Waals surface area contributed by atoms with Crippen molar-refractivity contribution in [1.29, 1.82) is 0 Å². The zero-order valence-electron chi connectivity index (χ0n) is 18.2. The van der Waals surface area contributed by atoms with Crippen LogP contribution in [0.15, 0.2) is 42.7 Å². The van der Waals surface area contributed by atoms with Crippen molar-refractivity contribution in [2.45, 2.75) is 6.10 Å². The molecule has 0 spiro atoms. The third-order valence-electron chi connectivity index (χ3n) is 5.83. The fourth-order valence-electron chi connectivity index (χ4n) is 4.02. The molecule has 2 aromatic heterocycles. The van der Waals surface area contributed by atoms with Gasteiger partial charge in [0.15, 0.2) is 15.7 Å². The summed E-state index contributed by atoms with van der Waals surface area (Å²) in [5.74, 6) is 1.09. The Balaban J connectivity index is 0.00000259. The Morgan fingerprint density at radius 1 is 1.12 bits per heavy atom. The highest BCUT2D eigenvalue weighted by molar-refractivity contribution is 7.91. The van der Waals surface area contributed by atoms with Crippen molar-refractivity contribution in [3.63, 3.8) is 0 Å². The fraction of sp³-hybridized carbons (Fsp3) is 0.409. The van der Waals surface area contributed by atoms with Crippen LogP contribution in [0.25, 0.3) is 22.3 Å². The summed E-state index contributed by atoms with van der Waals surface area (Å²) in [5.41, 5.74) is 4.28. The molecule has 1 aromatic carbocycles. The number of benzene rings is 1. The summed E-state index contributed by atoms with van der Waals surface area (Å²) in [4.78, 5) is 15.9. The topological polar surface area (TPSA) is 109 Å². The first-order valence-corrected chi connectivity index (χ1v) is 12.6. The van der Waals surface area contributed by atoms with Crippen LogP contribution < -0.4 is 15.5 Å². The van der Waals surface area contributed by atoms with Crippen molar-refractivity contribution in [3.8, 4) is 11.3 Å². The van der Waals surface area contributed by atoms with Gasteiger partial charge in [0.05, 0.1) is 35.4 Å². The number of hydrogen-bond acceptors (Lipinski definition) is 9. The second-order valence-corrected chi connectivity index (χ2v) is 10.3. The van der Waals surface area contributed by atoms with Crippen LogP contribution in [0.3, 0.4) is 0 Å². The van der Waals surface area contributed by atoms with Gasteiger partial charge in [-0.2, -0.15) is 13.5 Å². The van der Waals surface area contributed by atoms with Crippen molar-refractivity contribution in [2.75, 3.05) is 61.1 Å². The van der Waals surface area contributed by atoms with Gasteiger partial charge < -0.3 is 20.3 Å². The molecule has 0 aliphatic carbocycles. The number of sulfone groups is 1. The van der Waals surface area contributed by atoms with Crippen molar-refractivity contribution >= 4 is 45.9 Å². The maximum Gasteiger partial charge on any atom is 0.154 e. The summed E-state index contributed by atoms with van der Waals surface area (Å²) in [7, 11) is -2.90. The Morgan fingerprint density at radius 3 is 2.61 bits per heavy atom. The van der Waals surface area contributed by atoms with Gasteiger partial charge in [-0.1, -0.05) is 12.1 Å². The number of aromatic nitrogens is 3. The number of hydrogen-bond donors (Lipinski definition) is 2. The van der Waals surface area contributed by atoms with E-state index < -0.39 is 9.84 Å². The molecule has 33 heavy (non-hydrogen) atoms. The van der Waals surface area contributed by atoms with Crippen LogP contribution >= 0.6 is 13.5 Å². The Hall–Kier alpha value is -2.47. The summed E-state index contributed by atoms with van der Waals surface area (Å²) in [6.07, 6.45) is 3.42. The van der Waals surface area contributed by atoms with Crippen LogP contribution in [0.4, 0.5) is 11.5 Å². The first-order chi connectivity index (χ1) is 15.6. The zero-order valence-corrected chi connectivity index (χ0v) is 20.0. The van der Waals surface area contributed by atoms with Gasteiger partial charge >= 0.3 is 0 Å². The quantitative estimate of drug-likeness (QED) is 0.551. The van der Waals surface area contributed by atoms with E-state index in [1.807, 2.05) is 30.3 Å². The van der Waals surface area contributed by atoms with E-state index in [0.717, 1.165) is 41.1 Å². The van der Waals surface area contributed by atoms with Crippen molar-refractivity contribution in [1.82, 2.24) is 20.3 Å². The zero-order chi connectivity index (χ0) is 22.0. The Bertz CT molecular complexity index is 1190. The number of pyridine rings is 1. The highest BCUT2D eigenvalue weighted by atomic mass is 32.2.